The molecule has 0 fully saturated rings. The number of thiophene rings is 3. The summed E-state index contributed by atoms with van der Waals surface area (Å²) < 4.78 is 6.83. The van der Waals surface area contributed by atoms with E-state index < -0.39 is 5.60 Å². The standard InChI is InChI=1S/C25H16OS3/c1-2-6-18-17(5-1)9-10-20-19(18)13-14-25(26-20,23-8-4-16-28-23)24-12-11-22(29-24)21-7-3-15-27-21/h1-16H. The molecule has 3 aromatic heterocycles. The highest BCUT2D eigenvalue weighted by molar-refractivity contribution is 7.21. The van der Waals surface area contributed by atoms with Gasteiger partial charge in [0, 0.05) is 15.3 Å². The second kappa shape index (κ2) is 6.70. The van der Waals surface area contributed by atoms with E-state index in [2.05, 4.69) is 95.7 Å². The Morgan fingerprint density at radius 1 is 0.690 bits per heavy atom. The number of benzene rings is 2. The lowest BCUT2D eigenvalue weighted by atomic mass is 9.92. The Morgan fingerprint density at radius 2 is 1.59 bits per heavy atom. The van der Waals surface area contributed by atoms with Gasteiger partial charge < -0.3 is 4.74 Å². The maximum absolute atomic E-state index is 6.83. The van der Waals surface area contributed by atoms with Gasteiger partial charge in [0.2, 0.25) is 0 Å². The molecule has 0 saturated carbocycles. The largest absolute Gasteiger partial charge is 0.471 e. The first-order chi connectivity index (χ1) is 14.3. The summed E-state index contributed by atoms with van der Waals surface area (Å²) in [5.41, 5.74) is 0.578. The van der Waals surface area contributed by atoms with Crippen molar-refractivity contribution in [3.8, 4) is 15.5 Å². The molecular weight excluding hydrogens is 412 g/mol. The average Bonchev–Trinajstić information content (AvgIpc) is 3.55. The topological polar surface area (TPSA) is 9.23 Å². The first-order valence-corrected chi connectivity index (χ1v) is 12.0. The maximum atomic E-state index is 6.83. The van der Waals surface area contributed by atoms with Gasteiger partial charge in [-0.3, -0.25) is 0 Å². The van der Waals surface area contributed by atoms with Crippen LogP contribution >= 0.6 is 34.0 Å². The van der Waals surface area contributed by atoms with Gasteiger partial charge in [-0.1, -0.05) is 42.5 Å². The molecular formula is C25H16OS3. The molecule has 0 spiro atoms. The van der Waals surface area contributed by atoms with Gasteiger partial charge >= 0.3 is 0 Å². The predicted molar refractivity (Wildman–Crippen MR) is 126 cm³/mol. The highest BCUT2D eigenvalue weighted by atomic mass is 32.1. The first kappa shape index (κ1) is 17.2. The molecule has 29 heavy (non-hydrogen) atoms. The molecule has 4 heterocycles. The Balaban J connectivity index is 1.53. The lowest BCUT2D eigenvalue weighted by Crippen LogP contribution is -2.32. The average molecular weight is 429 g/mol. The van der Waals surface area contributed by atoms with Crippen molar-refractivity contribution < 1.29 is 4.74 Å². The van der Waals surface area contributed by atoms with Crippen LogP contribution in [0, 0.1) is 0 Å². The van der Waals surface area contributed by atoms with Crippen molar-refractivity contribution in [1.82, 2.24) is 0 Å². The monoisotopic (exact) mass is 428 g/mol. The third kappa shape index (κ3) is 2.71. The van der Waals surface area contributed by atoms with Crippen molar-refractivity contribution in [2.24, 2.45) is 0 Å². The molecule has 0 amide bonds. The quantitative estimate of drug-likeness (QED) is 0.282. The summed E-state index contributed by atoms with van der Waals surface area (Å²) in [7, 11) is 0. The van der Waals surface area contributed by atoms with Crippen LogP contribution in [0.3, 0.4) is 0 Å². The van der Waals surface area contributed by atoms with Crippen LogP contribution in [0.5, 0.6) is 5.75 Å². The third-order valence-corrected chi connectivity index (χ3v) is 8.56. The lowest BCUT2D eigenvalue weighted by molar-refractivity contribution is 0.169. The van der Waals surface area contributed by atoms with Gasteiger partial charge in [-0.05, 0) is 64.0 Å². The smallest absolute Gasteiger partial charge is 0.196 e. The summed E-state index contributed by atoms with van der Waals surface area (Å²) >= 11 is 5.33. The number of rotatable bonds is 3. The molecule has 0 aliphatic carbocycles. The highest BCUT2D eigenvalue weighted by Crippen LogP contribution is 2.48. The van der Waals surface area contributed by atoms with Gasteiger partial charge in [0.1, 0.15) is 5.75 Å². The molecule has 0 radical (unpaired) electrons. The van der Waals surface area contributed by atoms with E-state index in [4.69, 9.17) is 4.74 Å². The first-order valence-electron chi connectivity index (χ1n) is 9.42. The molecule has 0 N–H and O–H groups in total. The number of hydrogen-bond donors (Lipinski definition) is 0. The van der Waals surface area contributed by atoms with Gasteiger partial charge in [-0.15, -0.1) is 34.0 Å². The molecule has 0 saturated heterocycles. The van der Waals surface area contributed by atoms with Gasteiger partial charge in [-0.2, -0.15) is 0 Å². The zero-order chi connectivity index (χ0) is 19.3. The van der Waals surface area contributed by atoms with E-state index in [-0.39, 0.29) is 0 Å². The van der Waals surface area contributed by atoms with Gasteiger partial charge in [-0.25, -0.2) is 0 Å². The Kier molecular flexibility index (Phi) is 3.98. The van der Waals surface area contributed by atoms with Gasteiger partial charge in [0.25, 0.3) is 0 Å². The Hall–Kier alpha value is -2.66. The van der Waals surface area contributed by atoms with Crippen LogP contribution in [-0.2, 0) is 5.60 Å². The highest BCUT2D eigenvalue weighted by Gasteiger charge is 2.39. The number of ether oxygens (including phenoxy) is 1. The van der Waals surface area contributed by atoms with Crippen LogP contribution in [0.25, 0.3) is 26.6 Å². The van der Waals surface area contributed by atoms with Gasteiger partial charge in [0.05, 0.1) is 9.75 Å². The second-order valence-electron chi connectivity index (χ2n) is 6.99. The van der Waals surface area contributed by atoms with Crippen molar-refractivity contribution in [2.45, 2.75) is 5.60 Å². The summed E-state index contributed by atoms with van der Waals surface area (Å²) in [6, 6.07) is 25.7. The molecule has 2 aromatic carbocycles. The Labute approximate surface area is 181 Å². The van der Waals surface area contributed by atoms with Crippen molar-refractivity contribution in [2.75, 3.05) is 0 Å². The normalized spacial score (nSPS) is 17.9. The van der Waals surface area contributed by atoms with Crippen LogP contribution in [0.15, 0.2) is 89.6 Å². The van der Waals surface area contributed by atoms with Crippen LogP contribution in [0.1, 0.15) is 15.3 Å². The zero-order valence-corrected chi connectivity index (χ0v) is 17.8. The van der Waals surface area contributed by atoms with Crippen molar-refractivity contribution in [1.29, 1.82) is 0 Å². The fourth-order valence-electron chi connectivity index (χ4n) is 3.91. The van der Waals surface area contributed by atoms with E-state index in [0.717, 1.165) is 11.3 Å². The minimum atomic E-state index is -0.580. The molecule has 1 aliphatic rings. The SMILES string of the molecule is C1=CC(c2cccs2)(c2ccc(-c3cccs3)s2)Oc2ccc3ccccc3c21. The molecule has 1 unspecified atom stereocenters. The maximum Gasteiger partial charge on any atom is 0.196 e. The van der Waals surface area contributed by atoms with E-state index >= 15 is 0 Å². The van der Waals surface area contributed by atoms with E-state index in [1.807, 2.05) is 11.3 Å². The fraction of sp³-hybridized carbons (Fsp3) is 0.0400. The van der Waals surface area contributed by atoms with E-state index in [9.17, 15) is 0 Å². The summed E-state index contributed by atoms with van der Waals surface area (Å²) in [5.74, 6) is 0.936. The van der Waals surface area contributed by atoms with Crippen molar-refractivity contribution in [3.63, 3.8) is 0 Å². The molecule has 5 aromatic rings. The van der Waals surface area contributed by atoms with E-state index in [1.54, 1.807) is 22.7 Å². The Bertz CT molecular complexity index is 1330. The minimum Gasteiger partial charge on any atom is -0.471 e. The van der Waals surface area contributed by atoms with E-state index in [0.29, 0.717) is 0 Å². The molecule has 1 nitrogen and oxygen atoms in total. The Morgan fingerprint density at radius 3 is 2.45 bits per heavy atom. The van der Waals surface area contributed by atoms with Crippen LogP contribution in [0.4, 0.5) is 0 Å². The lowest BCUT2D eigenvalue weighted by Gasteiger charge is -2.34. The van der Waals surface area contributed by atoms with Crippen LogP contribution in [0.2, 0.25) is 0 Å². The number of fused-ring (bicyclic) bond motifs is 3. The molecule has 1 aliphatic heterocycles. The second-order valence-corrected chi connectivity index (χ2v) is 9.97. The predicted octanol–water partition coefficient (Wildman–Crippen LogP) is 8.04. The van der Waals surface area contributed by atoms with Crippen molar-refractivity contribution in [3.05, 3.63) is 105 Å². The summed E-state index contributed by atoms with van der Waals surface area (Å²) in [6.07, 6.45) is 4.48. The molecule has 6 rings (SSSR count). The van der Waals surface area contributed by atoms with Crippen LogP contribution < -0.4 is 4.74 Å². The molecule has 1 atom stereocenters. The molecule has 0 bridgehead atoms. The zero-order valence-electron chi connectivity index (χ0n) is 15.4. The van der Waals surface area contributed by atoms with Crippen LogP contribution in [-0.4, -0.2) is 0 Å². The molecule has 4 heteroatoms. The summed E-state index contributed by atoms with van der Waals surface area (Å²) in [5, 5.41) is 6.71. The van der Waals surface area contributed by atoms with Gasteiger partial charge in [0.15, 0.2) is 5.60 Å². The third-order valence-electron chi connectivity index (χ3n) is 5.31. The minimum absolute atomic E-state index is 0.580. The number of hydrogen-bond acceptors (Lipinski definition) is 4. The fourth-order valence-corrected chi connectivity index (χ4v) is 6.79. The van der Waals surface area contributed by atoms with E-state index in [1.165, 1.54) is 30.3 Å². The van der Waals surface area contributed by atoms with Crippen molar-refractivity contribution >= 4 is 50.9 Å². The summed E-state index contributed by atoms with van der Waals surface area (Å²) in [4.78, 5) is 4.99. The summed E-state index contributed by atoms with van der Waals surface area (Å²) in [6.45, 7) is 0. The molecule has 140 valence electrons.